The van der Waals surface area contributed by atoms with Gasteiger partial charge in [0.15, 0.2) is 0 Å². The van der Waals surface area contributed by atoms with Gasteiger partial charge in [0.1, 0.15) is 5.82 Å². The molecule has 1 heterocycles. The number of pyridine rings is 1. The van der Waals surface area contributed by atoms with E-state index in [9.17, 15) is 10.1 Å². The Morgan fingerprint density at radius 3 is 2.93 bits per heavy atom. The molecule has 0 radical (unpaired) electrons. The summed E-state index contributed by atoms with van der Waals surface area (Å²) >= 11 is 0. The molecule has 1 aromatic rings. The maximum absolute atomic E-state index is 10.4. The van der Waals surface area contributed by atoms with Crippen molar-refractivity contribution >= 4 is 17.3 Å². The van der Waals surface area contributed by atoms with Crippen molar-refractivity contribution in [3.63, 3.8) is 0 Å². The van der Waals surface area contributed by atoms with Gasteiger partial charge in [0.25, 0.3) is 0 Å². The third-order valence-electron chi connectivity index (χ3n) is 1.53. The van der Waals surface area contributed by atoms with Crippen LogP contribution in [0.4, 0.5) is 17.3 Å². The molecule has 0 saturated heterocycles. The number of hydrogen-bond acceptors (Lipinski definition) is 5. The first kappa shape index (κ1) is 9.97. The first-order valence-corrected chi connectivity index (χ1v) is 3.91. The normalized spacial score (nSPS) is 9.43. The van der Waals surface area contributed by atoms with Gasteiger partial charge in [-0.25, -0.2) is 4.98 Å². The molecule has 0 bridgehead atoms. The van der Waals surface area contributed by atoms with Crippen molar-refractivity contribution in [2.24, 2.45) is 0 Å². The first-order chi connectivity index (χ1) is 6.65. The van der Waals surface area contributed by atoms with Crippen LogP contribution in [0, 0.1) is 10.1 Å². The molecule has 6 heteroatoms. The Balaban J connectivity index is 2.88. The fourth-order valence-corrected chi connectivity index (χ4v) is 0.897. The van der Waals surface area contributed by atoms with E-state index in [-0.39, 0.29) is 11.5 Å². The van der Waals surface area contributed by atoms with Gasteiger partial charge >= 0.3 is 5.69 Å². The van der Waals surface area contributed by atoms with Crippen LogP contribution in [0.25, 0.3) is 0 Å². The average molecular weight is 194 g/mol. The second-order valence-electron chi connectivity index (χ2n) is 2.53. The molecule has 0 unspecified atom stereocenters. The van der Waals surface area contributed by atoms with E-state index in [1.807, 2.05) is 0 Å². The molecule has 0 aliphatic rings. The van der Waals surface area contributed by atoms with Gasteiger partial charge in [-0.2, -0.15) is 0 Å². The molecule has 0 atom stereocenters. The summed E-state index contributed by atoms with van der Waals surface area (Å²) < 4.78 is 0. The number of hydrogen-bond donors (Lipinski definition) is 2. The summed E-state index contributed by atoms with van der Waals surface area (Å²) in [6.07, 6.45) is 1.65. The molecule has 0 aliphatic heterocycles. The minimum absolute atomic E-state index is 0.0935. The molecular formula is C8H10N4O2. The summed E-state index contributed by atoms with van der Waals surface area (Å²) in [5.74, 6) is 0.400. The number of rotatable bonds is 4. The lowest BCUT2D eigenvalue weighted by Gasteiger charge is -2.02. The van der Waals surface area contributed by atoms with Crippen molar-refractivity contribution in [2.75, 3.05) is 17.6 Å². The molecule has 0 aromatic carbocycles. The molecule has 1 aromatic heterocycles. The van der Waals surface area contributed by atoms with Crippen LogP contribution in [0.15, 0.2) is 24.8 Å². The van der Waals surface area contributed by atoms with E-state index < -0.39 is 4.92 Å². The molecule has 14 heavy (non-hydrogen) atoms. The molecule has 3 N–H and O–H groups in total. The van der Waals surface area contributed by atoms with Gasteiger partial charge in [0, 0.05) is 12.6 Å². The predicted molar refractivity (Wildman–Crippen MR) is 54.0 cm³/mol. The molecule has 74 valence electrons. The van der Waals surface area contributed by atoms with E-state index in [4.69, 9.17) is 5.73 Å². The summed E-state index contributed by atoms with van der Waals surface area (Å²) in [7, 11) is 0. The van der Waals surface area contributed by atoms with Gasteiger partial charge in [0.05, 0.1) is 4.92 Å². The van der Waals surface area contributed by atoms with Gasteiger partial charge in [0.2, 0.25) is 5.82 Å². The zero-order valence-corrected chi connectivity index (χ0v) is 7.43. The van der Waals surface area contributed by atoms with Crippen LogP contribution in [0.3, 0.4) is 0 Å². The van der Waals surface area contributed by atoms with Crippen LogP contribution in [0.2, 0.25) is 0 Å². The smallest absolute Gasteiger partial charge is 0.311 e. The van der Waals surface area contributed by atoms with Crippen LogP contribution in [-0.4, -0.2) is 16.5 Å². The van der Waals surface area contributed by atoms with Crippen molar-refractivity contribution in [2.45, 2.75) is 0 Å². The average Bonchev–Trinajstić information content (AvgIpc) is 2.14. The molecule has 6 nitrogen and oxygen atoms in total. The van der Waals surface area contributed by atoms with Gasteiger partial charge in [-0.3, -0.25) is 10.1 Å². The number of nitrogens with zero attached hydrogens (tertiary/aromatic N) is 2. The van der Waals surface area contributed by atoms with Crippen molar-refractivity contribution in [1.82, 2.24) is 4.98 Å². The van der Waals surface area contributed by atoms with E-state index in [0.29, 0.717) is 12.4 Å². The molecule has 0 spiro atoms. The Bertz CT molecular complexity index is 364. The topological polar surface area (TPSA) is 94.1 Å². The van der Waals surface area contributed by atoms with E-state index in [0.717, 1.165) is 0 Å². The SMILES string of the molecule is C=CCNc1ccc([N+](=O)[O-])c(N)n1. The van der Waals surface area contributed by atoms with E-state index >= 15 is 0 Å². The maximum Gasteiger partial charge on any atom is 0.311 e. The second kappa shape index (κ2) is 4.22. The molecule has 1 rings (SSSR count). The second-order valence-corrected chi connectivity index (χ2v) is 2.53. The molecule has 0 amide bonds. The highest BCUT2D eigenvalue weighted by atomic mass is 16.6. The zero-order valence-electron chi connectivity index (χ0n) is 7.43. The summed E-state index contributed by atoms with van der Waals surface area (Å²) in [5.41, 5.74) is 5.19. The lowest BCUT2D eigenvalue weighted by Crippen LogP contribution is -2.04. The molecule has 0 aliphatic carbocycles. The number of nitrogens with one attached hydrogen (secondary N) is 1. The van der Waals surface area contributed by atoms with E-state index in [1.54, 1.807) is 6.08 Å². The Morgan fingerprint density at radius 1 is 1.71 bits per heavy atom. The van der Waals surface area contributed by atoms with Crippen LogP contribution >= 0.6 is 0 Å². The van der Waals surface area contributed by atoms with Gasteiger partial charge in [-0.1, -0.05) is 6.08 Å². The summed E-state index contributed by atoms with van der Waals surface area (Å²) in [4.78, 5) is 13.6. The monoisotopic (exact) mass is 194 g/mol. The molecule has 0 saturated carbocycles. The zero-order chi connectivity index (χ0) is 10.6. The number of anilines is 2. The maximum atomic E-state index is 10.4. The highest BCUT2D eigenvalue weighted by Crippen LogP contribution is 2.20. The highest BCUT2D eigenvalue weighted by Gasteiger charge is 2.11. The van der Waals surface area contributed by atoms with Crippen LogP contribution in [0.5, 0.6) is 0 Å². The summed E-state index contributed by atoms with van der Waals surface area (Å²) in [6.45, 7) is 4.05. The third-order valence-corrected chi connectivity index (χ3v) is 1.53. The fourth-order valence-electron chi connectivity index (χ4n) is 0.897. The van der Waals surface area contributed by atoms with Crippen LogP contribution in [0.1, 0.15) is 0 Å². The van der Waals surface area contributed by atoms with E-state index in [1.165, 1.54) is 12.1 Å². The van der Waals surface area contributed by atoms with E-state index in [2.05, 4.69) is 16.9 Å². The molecular weight excluding hydrogens is 184 g/mol. The number of aromatic nitrogens is 1. The van der Waals surface area contributed by atoms with Crippen molar-refractivity contribution in [3.8, 4) is 0 Å². The van der Waals surface area contributed by atoms with Gasteiger partial charge in [-0.15, -0.1) is 6.58 Å². The Morgan fingerprint density at radius 2 is 2.43 bits per heavy atom. The van der Waals surface area contributed by atoms with Crippen molar-refractivity contribution in [1.29, 1.82) is 0 Å². The van der Waals surface area contributed by atoms with Crippen LogP contribution in [-0.2, 0) is 0 Å². The number of nitrogens with two attached hydrogens (primary N) is 1. The number of nitro groups is 1. The standard InChI is InChI=1S/C8H10N4O2/c1-2-5-10-7-4-3-6(12(13)14)8(9)11-7/h2-4H,1,5H2,(H3,9,10,11). The Hall–Kier alpha value is -2.11. The van der Waals surface area contributed by atoms with Crippen molar-refractivity contribution in [3.05, 3.63) is 34.9 Å². The third kappa shape index (κ3) is 2.19. The quantitative estimate of drug-likeness (QED) is 0.426. The molecule has 0 fully saturated rings. The minimum Gasteiger partial charge on any atom is -0.378 e. The van der Waals surface area contributed by atoms with Gasteiger partial charge < -0.3 is 11.1 Å². The fraction of sp³-hybridized carbons (Fsp3) is 0.125. The van der Waals surface area contributed by atoms with Crippen molar-refractivity contribution < 1.29 is 4.92 Å². The highest BCUT2D eigenvalue weighted by molar-refractivity contribution is 5.57. The Kier molecular flexibility index (Phi) is 3.01. The first-order valence-electron chi connectivity index (χ1n) is 3.91. The summed E-state index contributed by atoms with van der Waals surface area (Å²) in [5, 5.41) is 13.3. The largest absolute Gasteiger partial charge is 0.378 e. The summed E-state index contributed by atoms with van der Waals surface area (Å²) in [6, 6.07) is 2.81. The number of nitrogen functional groups attached to an aromatic ring is 1. The Labute approximate surface area is 80.6 Å². The van der Waals surface area contributed by atoms with Crippen LogP contribution < -0.4 is 11.1 Å². The predicted octanol–water partition coefficient (Wildman–Crippen LogP) is 1.17. The van der Waals surface area contributed by atoms with Gasteiger partial charge in [-0.05, 0) is 6.07 Å². The minimum atomic E-state index is -0.570. The lowest BCUT2D eigenvalue weighted by molar-refractivity contribution is -0.384. The lowest BCUT2D eigenvalue weighted by atomic mass is 10.4.